The minimum atomic E-state index is -0.540. The fourth-order valence-corrected chi connectivity index (χ4v) is 2.80. The molecule has 2 atom stereocenters. The highest BCUT2D eigenvalue weighted by Crippen LogP contribution is 2.54. The van der Waals surface area contributed by atoms with E-state index in [1.165, 1.54) is 12.1 Å². The van der Waals surface area contributed by atoms with Crippen LogP contribution in [-0.2, 0) is 0 Å². The zero-order valence-electron chi connectivity index (χ0n) is 10.5. The summed E-state index contributed by atoms with van der Waals surface area (Å²) < 4.78 is 28.5. The highest BCUT2D eigenvalue weighted by atomic mass is 19.1. The molecule has 0 N–H and O–H groups in total. The van der Waals surface area contributed by atoms with E-state index in [0.29, 0.717) is 5.56 Å². The van der Waals surface area contributed by atoms with Crippen LogP contribution in [0, 0.1) is 11.6 Å². The lowest BCUT2D eigenvalue weighted by Gasteiger charge is -2.05. The Labute approximate surface area is 113 Å². The van der Waals surface area contributed by atoms with Crippen molar-refractivity contribution in [2.75, 3.05) is 0 Å². The lowest BCUT2D eigenvalue weighted by molar-refractivity contribution is 0.571. The molecule has 1 aromatic carbocycles. The second-order valence-corrected chi connectivity index (χ2v) is 5.09. The predicted octanol–water partition coefficient (Wildman–Crippen LogP) is 3.28. The number of halogens is 2. The third kappa shape index (κ3) is 1.70. The molecule has 20 heavy (non-hydrogen) atoms. The van der Waals surface area contributed by atoms with E-state index >= 15 is 0 Å². The summed E-state index contributed by atoms with van der Waals surface area (Å²) in [4.78, 5) is 4.22. The second-order valence-electron chi connectivity index (χ2n) is 5.09. The van der Waals surface area contributed by atoms with Crippen LogP contribution in [0.15, 0.2) is 42.7 Å². The van der Waals surface area contributed by atoms with Gasteiger partial charge < -0.3 is 0 Å². The highest BCUT2D eigenvalue weighted by Gasteiger charge is 2.42. The normalized spacial score (nSPS) is 21.3. The van der Waals surface area contributed by atoms with Gasteiger partial charge in [-0.1, -0.05) is 6.07 Å². The van der Waals surface area contributed by atoms with Gasteiger partial charge in [0.2, 0.25) is 0 Å². The summed E-state index contributed by atoms with van der Waals surface area (Å²) in [6.07, 6.45) is 4.28. The molecule has 3 aromatic rings. The first kappa shape index (κ1) is 11.5. The Morgan fingerprint density at radius 3 is 2.80 bits per heavy atom. The Bertz CT molecular complexity index is 797. The first-order valence-corrected chi connectivity index (χ1v) is 6.47. The number of nitrogens with zero attached hydrogens (tertiary/aromatic N) is 3. The van der Waals surface area contributed by atoms with Crippen LogP contribution in [0.4, 0.5) is 8.78 Å². The minimum Gasteiger partial charge on any atom is -0.237 e. The van der Waals surface area contributed by atoms with Gasteiger partial charge in [0.25, 0.3) is 0 Å². The van der Waals surface area contributed by atoms with E-state index in [2.05, 4.69) is 10.1 Å². The molecule has 0 saturated heterocycles. The van der Waals surface area contributed by atoms with Gasteiger partial charge in [-0.2, -0.15) is 5.10 Å². The van der Waals surface area contributed by atoms with Crippen LogP contribution >= 0.6 is 0 Å². The molecular formula is C15H11F2N3. The molecule has 3 nitrogen and oxygen atoms in total. The zero-order valence-corrected chi connectivity index (χ0v) is 10.5. The van der Waals surface area contributed by atoms with E-state index in [1.54, 1.807) is 16.9 Å². The average Bonchev–Trinajstić information content (AvgIpc) is 3.05. The summed E-state index contributed by atoms with van der Waals surface area (Å²) in [5.74, 6) is -0.712. The first-order valence-electron chi connectivity index (χ1n) is 6.47. The second kappa shape index (κ2) is 4.10. The van der Waals surface area contributed by atoms with Crippen LogP contribution in [-0.4, -0.2) is 14.6 Å². The molecule has 1 saturated carbocycles. The van der Waals surface area contributed by atoms with Crippen LogP contribution in [0.1, 0.15) is 29.5 Å². The van der Waals surface area contributed by atoms with Gasteiger partial charge in [0.05, 0.1) is 6.20 Å². The monoisotopic (exact) mass is 271 g/mol. The van der Waals surface area contributed by atoms with E-state index in [9.17, 15) is 8.78 Å². The Kier molecular flexibility index (Phi) is 2.36. The van der Waals surface area contributed by atoms with Gasteiger partial charge >= 0.3 is 0 Å². The molecular weight excluding hydrogens is 260 g/mol. The van der Waals surface area contributed by atoms with Gasteiger partial charge in [-0.25, -0.2) is 18.3 Å². The molecule has 1 aliphatic carbocycles. The molecule has 4 rings (SSSR count). The van der Waals surface area contributed by atoms with Crippen molar-refractivity contribution < 1.29 is 8.78 Å². The van der Waals surface area contributed by atoms with Crippen LogP contribution in [0.2, 0.25) is 0 Å². The summed E-state index contributed by atoms with van der Waals surface area (Å²) in [5, 5.41) is 4.24. The summed E-state index contributed by atoms with van der Waals surface area (Å²) in [7, 11) is 0. The quantitative estimate of drug-likeness (QED) is 0.716. The Balaban J connectivity index is 1.71. The van der Waals surface area contributed by atoms with E-state index in [0.717, 1.165) is 23.8 Å². The summed E-state index contributed by atoms with van der Waals surface area (Å²) in [6.45, 7) is 0. The highest BCUT2D eigenvalue weighted by molar-refractivity contribution is 5.41. The van der Waals surface area contributed by atoms with Crippen molar-refractivity contribution in [2.45, 2.75) is 18.3 Å². The molecule has 0 amide bonds. The van der Waals surface area contributed by atoms with E-state index in [1.807, 2.05) is 12.1 Å². The van der Waals surface area contributed by atoms with E-state index < -0.39 is 11.6 Å². The van der Waals surface area contributed by atoms with Crippen molar-refractivity contribution in [3.05, 3.63) is 65.6 Å². The molecule has 5 heteroatoms. The smallest absolute Gasteiger partial charge is 0.155 e. The topological polar surface area (TPSA) is 30.2 Å². The molecule has 2 aromatic heterocycles. The maximum atomic E-state index is 13.8. The zero-order chi connectivity index (χ0) is 13.7. The molecule has 0 spiro atoms. The summed E-state index contributed by atoms with van der Waals surface area (Å²) in [6, 6.07) is 7.53. The van der Waals surface area contributed by atoms with Gasteiger partial charge in [0.1, 0.15) is 11.6 Å². The lowest BCUT2D eigenvalue weighted by Crippen LogP contribution is -1.99. The van der Waals surface area contributed by atoms with Crippen molar-refractivity contribution in [1.29, 1.82) is 0 Å². The maximum Gasteiger partial charge on any atom is 0.155 e. The fraction of sp³-hybridized carbons (Fsp3) is 0.200. The number of aromatic nitrogens is 3. The van der Waals surface area contributed by atoms with Gasteiger partial charge in [-0.05, 0) is 30.0 Å². The van der Waals surface area contributed by atoms with Crippen molar-refractivity contribution >= 4 is 5.65 Å². The third-order valence-corrected chi connectivity index (χ3v) is 3.85. The maximum absolute atomic E-state index is 13.8. The van der Waals surface area contributed by atoms with Gasteiger partial charge in [-0.3, -0.25) is 0 Å². The molecule has 0 aliphatic heterocycles. The Morgan fingerprint density at radius 2 is 1.95 bits per heavy atom. The summed E-state index contributed by atoms with van der Waals surface area (Å²) in [5.41, 5.74) is 2.38. The number of rotatable bonds is 2. The predicted molar refractivity (Wildman–Crippen MR) is 69.4 cm³/mol. The molecule has 100 valence electrons. The van der Waals surface area contributed by atoms with Gasteiger partial charge in [-0.15, -0.1) is 0 Å². The van der Waals surface area contributed by atoms with Crippen molar-refractivity contribution in [3.63, 3.8) is 0 Å². The number of hydrogen-bond acceptors (Lipinski definition) is 2. The number of benzene rings is 1. The van der Waals surface area contributed by atoms with Gasteiger partial charge in [0, 0.05) is 29.9 Å². The Hall–Kier alpha value is -2.30. The standard InChI is InChI=1S/C15H11F2N3/c16-9-1-2-10(13(17)7-9)11-8-12(11)14-3-5-18-15-4-6-19-20(14)15/h1-7,11-12H,8H2/t11-,12+/m1/s1. The Morgan fingerprint density at radius 1 is 1.05 bits per heavy atom. The molecule has 1 fully saturated rings. The molecule has 0 bridgehead atoms. The third-order valence-electron chi connectivity index (χ3n) is 3.85. The fourth-order valence-electron chi connectivity index (χ4n) is 2.80. The van der Waals surface area contributed by atoms with Gasteiger partial charge in [0.15, 0.2) is 5.65 Å². The largest absolute Gasteiger partial charge is 0.237 e. The number of fused-ring (bicyclic) bond motifs is 1. The number of hydrogen-bond donors (Lipinski definition) is 0. The molecule has 2 heterocycles. The van der Waals surface area contributed by atoms with Crippen LogP contribution in [0.25, 0.3) is 5.65 Å². The van der Waals surface area contributed by atoms with Crippen molar-refractivity contribution in [1.82, 2.24) is 14.6 Å². The SMILES string of the molecule is Fc1ccc([C@H]2C[C@@H]2c2ccnc3ccnn23)c(F)c1. The van der Waals surface area contributed by atoms with Crippen LogP contribution in [0.5, 0.6) is 0 Å². The first-order chi connectivity index (χ1) is 9.74. The van der Waals surface area contributed by atoms with Crippen molar-refractivity contribution in [3.8, 4) is 0 Å². The average molecular weight is 271 g/mol. The van der Waals surface area contributed by atoms with Crippen LogP contribution in [0.3, 0.4) is 0 Å². The molecule has 0 radical (unpaired) electrons. The molecule has 0 unspecified atom stereocenters. The minimum absolute atomic E-state index is 0.0883. The lowest BCUT2D eigenvalue weighted by atomic mass is 10.1. The molecule has 1 aliphatic rings. The van der Waals surface area contributed by atoms with E-state index in [-0.39, 0.29) is 11.8 Å². The van der Waals surface area contributed by atoms with Crippen molar-refractivity contribution in [2.24, 2.45) is 0 Å². The van der Waals surface area contributed by atoms with E-state index in [4.69, 9.17) is 0 Å². The summed E-state index contributed by atoms with van der Waals surface area (Å²) >= 11 is 0. The van der Waals surface area contributed by atoms with Crippen LogP contribution < -0.4 is 0 Å².